The molecule has 120 valence electrons. The lowest BCUT2D eigenvalue weighted by atomic mass is 9.82. The number of hydrogen-bond acceptors (Lipinski definition) is 3. The van der Waals surface area contributed by atoms with Gasteiger partial charge in [0.15, 0.2) is 0 Å². The first-order chi connectivity index (χ1) is 11.6. The highest BCUT2D eigenvalue weighted by molar-refractivity contribution is 6.31. The summed E-state index contributed by atoms with van der Waals surface area (Å²) in [4.78, 5) is 19.7. The fourth-order valence-electron chi connectivity index (χ4n) is 4.42. The van der Waals surface area contributed by atoms with Gasteiger partial charge in [-0.25, -0.2) is 0 Å². The molecule has 24 heavy (non-hydrogen) atoms. The van der Waals surface area contributed by atoms with Crippen LogP contribution in [-0.2, 0) is 6.54 Å². The number of carbonyl (C=O) groups is 1. The minimum Gasteiger partial charge on any atom is -0.301 e. The number of carbonyl (C=O) groups excluding carboxylic acids is 1. The van der Waals surface area contributed by atoms with E-state index >= 15 is 0 Å². The molecule has 3 aromatic rings. The molecular weight excluding hydrogens is 322 g/mol. The molecule has 0 fully saturated rings. The zero-order valence-electron chi connectivity index (χ0n) is 13.2. The van der Waals surface area contributed by atoms with E-state index in [-0.39, 0.29) is 17.7 Å². The van der Waals surface area contributed by atoms with E-state index in [4.69, 9.17) is 11.6 Å². The van der Waals surface area contributed by atoms with Crippen LogP contribution in [0.1, 0.15) is 33.5 Å². The Labute approximate surface area is 144 Å². The highest BCUT2D eigenvalue weighted by Gasteiger charge is 2.46. The molecule has 1 aromatic carbocycles. The second-order valence-corrected chi connectivity index (χ2v) is 7.20. The molecular formula is C19H16ClN3O. The van der Waals surface area contributed by atoms with Crippen molar-refractivity contribution >= 4 is 28.4 Å². The summed E-state index contributed by atoms with van der Waals surface area (Å²) in [5, 5.41) is 1.82. The average molecular weight is 338 g/mol. The maximum absolute atomic E-state index is 13.3. The Bertz CT molecular complexity index is 979. The van der Waals surface area contributed by atoms with Crippen molar-refractivity contribution in [3.05, 3.63) is 64.6 Å². The molecule has 0 aliphatic carbocycles. The normalized spacial score (nSPS) is 23.0. The van der Waals surface area contributed by atoms with Crippen molar-refractivity contribution in [3.8, 4) is 0 Å². The zero-order chi connectivity index (χ0) is 16.4. The summed E-state index contributed by atoms with van der Waals surface area (Å²) in [6.07, 6.45) is 3.53. The first-order valence-electron chi connectivity index (χ1n) is 8.10. The Morgan fingerprint density at radius 3 is 2.79 bits per heavy atom. The molecule has 0 saturated heterocycles. The van der Waals surface area contributed by atoms with Crippen molar-refractivity contribution in [2.24, 2.45) is 0 Å². The molecule has 4 nitrogen and oxygen atoms in total. The van der Waals surface area contributed by atoms with E-state index in [1.54, 1.807) is 12.4 Å². The average Bonchev–Trinajstić information content (AvgIpc) is 3.04. The molecule has 0 saturated carbocycles. The van der Waals surface area contributed by atoms with E-state index in [1.807, 2.05) is 34.9 Å². The lowest BCUT2D eigenvalue weighted by Crippen LogP contribution is -2.31. The van der Waals surface area contributed by atoms with Gasteiger partial charge in [0.05, 0.1) is 11.4 Å². The van der Waals surface area contributed by atoms with Gasteiger partial charge >= 0.3 is 0 Å². The van der Waals surface area contributed by atoms with E-state index < -0.39 is 0 Å². The zero-order valence-corrected chi connectivity index (χ0v) is 14.0. The summed E-state index contributed by atoms with van der Waals surface area (Å²) >= 11 is 6.21. The predicted octanol–water partition coefficient (Wildman–Crippen LogP) is 3.66. The SMILES string of the molecule is CN1Cc2c3n(c4ccc(Cl)cc24)C(=O)C(c2ccncc2)C3C1. The van der Waals surface area contributed by atoms with Crippen LogP contribution in [0.15, 0.2) is 42.7 Å². The van der Waals surface area contributed by atoms with Gasteiger partial charge in [0.2, 0.25) is 5.91 Å². The maximum Gasteiger partial charge on any atom is 0.239 e. The van der Waals surface area contributed by atoms with Crippen LogP contribution in [0.3, 0.4) is 0 Å². The Balaban J connectivity index is 1.80. The minimum atomic E-state index is -0.135. The third-order valence-electron chi connectivity index (χ3n) is 5.32. The Kier molecular flexibility index (Phi) is 2.91. The van der Waals surface area contributed by atoms with Crippen LogP contribution in [-0.4, -0.2) is 34.0 Å². The molecule has 0 spiro atoms. The fourth-order valence-corrected chi connectivity index (χ4v) is 4.59. The summed E-state index contributed by atoms with van der Waals surface area (Å²) in [5.74, 6) is 0.208. The highest BCUT2D eigenvalue weighted by atomic mass is 35.5. The van der Waals surface area contributed by atoms with Gasteiger partial charge in [-0.1, -0.05) is 11.6 Å². The molecule has 2 aliphatic rings. The van der Waals surface area contributed by atoms with Crippen molar-refractivity contribution in [2.45, 2.75) is 18.4 Å². The molecule has 2 aliphatic heterocycles. The van der Waals surface area contributed by atoms with Gasteiger partial charge in [0.1, 0.15) is 0 Å². The van der Waals surface area contributed by atoms with Crippen molar-refractivity contribution in [1.29, 1.82) is 0 Å². The van der Waals surface area contributed by atoms with E-state index in [1.165, 1.54) is 11.3 Å². The van der Waals surface area contributed by atoms with Gasteiger partial charge in [0, 0.05) is 47.5 Å². The van der Waals surface area contributed by atoms with Crippen LogP contribution in [0.4, 0.5) is 0 Å². The van der Waals surface area contributed by atoms with Crippen molar-refractivity contribution in [1.82, 2.24) is 14.5 Å². The lowest BCUT2D eigenvalue weighted by molar-refractivity contribution is 0.0896. The smallest absolute Gasteiger partial charge is 0.239 e. The summed E-state index contributed by atoms with van der Waals surface area (Å²) in [7, 11) is 2.11. The first-order valence-corrected chi connectivity index (χ1v) is 8.48. The Morgan fingerprint density at radius 1 is 1.21 bits per heavy atom. The van der Waals surface area contributed by atoms with Gasteiger partial charge in [0.25, 0.3) is 0 Å². The quantitative estimate of drug-likeness (QED) is 0.680. The van der Waals surface area contributed by atoms with Crippen LogP contribution >= 0.6 is 11.6 Å². The van der Waals surface area contributed by atoms with Crippen LogP contribution in [0, 0.1) is 0 Å². The number of hydrogen-bond donors (Lipinski definition) is 0. The summed E-state index contributed by atoms with van der Waals surface area (Å²) in [6.45, 7) is 1.74. The van der Waals surface area contributed by atoms with E-state index in [0.717, 1.165) is 29.6 Å². The fraction of sp³-hybridized carbons (Fsp3) is 0.263. The molecule has 2 atom stereocenters. The monoisotopic (exact) mass is 337 g/mol. The van der Waals surface area contributed by atoms with E-state index in [2.05, 4.69) is 16.9 Å². The number of rotatable bonds is 1. The van der Waals surface area contributed by atoms with Crippen LogP contribution < -0.4 is 0 Å². The number of halogens is 1. The number of fused-ring (bicyclic) bond motifs is 3. The summed E-state index contributed by atoms with van der Waals surface area (Å²) < 4.78 is 1.93. The molecule has 2 unspecified atom stereocenters. The topological polar surface area (TPSA) is 38.1 Å². The van der Waals surface area contributed by atoms with Crippen molar-refractivity contribution in [2.75, 3.05) is 13.6 Å². The number of nitrogens with zero attached hydrogens (tertiary/aromatic N) is 3. The van der Waals surface area contributed by atoms with Gasteiger partial charge in [-0.2, -0.15) is 0 Å². The standard InChI is InChI=1S/C19H16ClN3O/c1-22-9-14-13-8-12(20)2-3-16(13)23-18(14)15(10-22)17(19(23)24)11-4-6-21-7-5-11/h2-8,15,17H,9-10H2,1H3. The number of pyridine rings is 1. The van der Waals surface area contributed by atoms with Gasteiger partial charge in [-0.15, -0.1) is 0 Å². The third kappa shape index (κ3) is 1.78. The third-order valence-corrected chi connectivity index (χ3v) is 5.55. The van der Waals surface area contributed by atoms with Crippen LogP contribution in [0.25, 0.3) is 10.9 Å². The largest absolute Gasteiger partial charge is 0.301 e. The number of benzene rings is 1. The molecule has 5 rings (SSSR count). The van der Waals surface area contributed by atoms with Crippen molar-refractivity contribution < 1.29 is 4.79 Å². The summed E-state index contributed by atoms with van der Waals surface area (Å²) in [5.41, 5.74) is 4.45. The van der Waals surface area contributed by atoms with Gasteiger partial charge < -0.3 is 4.90 Å². The molecule has 5 heteroatoms. The molecule has 0 N–H and O–H groups in total. The molecule has 2 aromatic heterocycles. The minimum absolute atomic E-state index is 0.135. The second kappa shape index (κ2) is 4.91. The van der Waals surface area contributed by atoms with Gasteiger partial charge in [-0.05, 0) is 48.5 Å². The number of likely N-dealkylation sites (N-methyl/N-ethyl adjacent to an activating group) is 1. The van der Waals surface area contributed by atoms with Crippen LogP contribution in [0.2, 0.25) is 5.02 Å². The molecule has 0 radical (unpaired) electrons. The first kappa shape index (κ1) is 14.2. The van der Waals surface area contributed by atoms with E-state index in [9.17, 15) is 4.79 Å². The van der Waals surface area contributed by atoms with E-state index in [0.29, 0.717) is 5.02 Å². The van der Waals surface area contributed by atoms with Gasteiger partial charge in [-0.3, -0.25) is 14.3 Å². The summed E-state index contributed by atoms with van der Waals surface area (Å²) in [6, 6.07) is 9.75. The Morgan fingerprint density at radius 2 is 2.00 bits per heavy atom. The second-order valence-electron chi connectivity index (χ2n) is 6.76. The van der Waals surface area contributed by atoms with Crippen LogP contribution in [0.5, 0.6) is 0 Å². The molecule has 0 amide bonds. The molecule has 4 heterocycles. The Hall–Kier alpha value is -2.17. The number of aromatic nitrogens is 2. The maximum atomic E-state index is 13.3. The lowest BCUT2D eigenvalue weighted by Gasteiger charge is -2.30. The molecule has 0 bridgehead atoms. The predicted molar refractivity (Wildman–Crippen MR) is 93.6 cm³/mol. The highest BCUT2D eigenvalue weighted by Crippen LogP contribution is 2.48. The van der Waals surface area contributed by atoms with Crippen molar-refractivity contribution in [3.63, 3.8) is 0 Å².